The monoisotopic (exact) mass is 355 g/mol. The van der Waals surface area contributed by atoms with E-state index in [1.165, 1.54) is 0 Å². The highest BCUT2D eigenvalue weighted by Gasteiger charge is 2.31. The van der Waals surface area contributed by atoms with E-state index in [-0.39, 0.29) is 23.5 Å². The summed E-state index contributed by atoms with van der Waals surface area (Å²) in [5.41, 5.74) is 0.421. The molecule has 1 aromatic heterocycles. The second kappa shape index (κ2) is 8.35. The summed E-state index contributed by atoms with van der Waals surface area (Å²) >= 11 is 0.582. The van der Waals surface area contributed by atoms with Crippen molar-refractivity contribution in [2.75, 3.05) is 33.4 Å². The van der Waals surface area contributed by atoms with Crippen LogP contribution in [0.1, 0.15) is 53.2 Å². The minimum Gasteiger partial charge on any atom is -0.475 e. The number of quaternary nitrogens is 1. The molecule has 1 atom stereocenters. The predicted octanol–water partition coefficient (Wildman–Crippen LogP) is 3.40. The summed E-state index contributed by atoms with van der Waals surface area (Å²) in [4.78, 5) is 10.5. The second-order valence-electron chi connectivity index (χ2n) is 5.03. The Morgan fingerprint density at radius 3 is 3.22 bits per heavy atom. The fourth-order valence-electron chi connectivity index (χ4n) is 2.17. The maximum absolute atomic E-state index is 12.5. The van der Waals surface area contributed by atoms with Crippen molar-refractivity contribution in [2.24, 2.45) is 0 Å². The average Bonchev–Trinajstić information content (AvgIpc) is 3.12. The number of hydrogen-bond donors (Lipinski definition) is 0. The first kappa shape index (κ1) is 8.02. The van der Waals surface area contributed by atoms with Crippen LogP contribution in [0, 0.1) is 0 Å². The van der Waals surface area contributed by atoms with Gasteiger partial charge >= 0.3 is 6.22 Å². The number of halogens is 1. The number of aromatic nitrogens is 2. The quantitative estimate of drug-likeness (QED) is 0.528. The molecule has 1 unspecified atom stereocenters. The molecule has 128 valence electrons. The molecule has 2 rings (SSSR count). The van der Waals surface area contributed by atoms with Crippen LogP contribution < -0.4 is 4.74 Å². The highest BCUT2D eigenvalue weighted by Crippen LogP contribution is 2.29. The van der Waals surface area contributed by atoms with E-state index in [9.17, 15) is 9.18 Å². The molecular weight excluding hydrogens is 321 g/mol. The maximum atomic E-state index is 12.5. The number of rotatable bonds is 8. The van der Waals surface area contributed by atoms with Gasteiger partial charge in [-0.2, -0.15) is 4.37 Å². The fourth-order valence-corrected chi connectivity index (χ4v) is 2.68. The van der Waals surface area contributed by atoms with Gasteiger partial charge in [0.2, 0.25) is 6.73 Å². The Balaban J connectivity index is 2.35. The van der Waals surface area contributed by atoms with E-state index < -0.39 is 44.6 Å². The topological polar surface area (TPSA) is 61.3 Å². The maximum Gasteiger partial charge on any atom is 0.499 e. The van der Waals surface area contributed by atoms with Crippen LogP contribution >= 0.6 is 11.7 Å². The van der Waals surface area contributed by atoms with Crippen LogP contribution in [0.3, 0.4) is 0 Å². The van der Waals surface area contributed by atoms with Crippen molar-refractivity contribution in [2.45, 2.75) is 32.4 Å². The Kier molecular flexibility index (Phi) is 2.91. The minimum atomic E-state index is -3.87. The zero-order valence-electron chi connectivity index (χ0n) is 23.3. The Hall–Kier alpha value is -1.54. The van der Waals surface area contributed by atoms with Gasteiger partial charge in [-0.1, -0.05) is 25.7 Å². The molecule has 0 spiro atoms. The third kappa shape index (κ3) is 5.24. The van der Waals surface area contributed by atoms with Crippen molar-refractivity contribution >= 4 is 23.5 Å². The number of ether oxygens (including phenoxy) is 2. The number of likely N-dealkylation sites (N-methyl/N-ethyl adjacent to an activating group) is 1. The van der Waals surface area contributed by atoms with E-state index in [1.807, 2.05) is 0 Å². The summed E-state index contributed by atoms with van der Waals surface area (Å²) in [6.07, 6.45) is -11.3. The number of carbonyl (C=O) groups is 1. The van der Waals surface area contributed by atoms with E-state index >= 15 is 0 Å². The van der Waals surface area contributed by atoms with Gasteiger partial charge in [-0.15, -0.1) is 8.76 Å². The van der Waals surface area contributed by atoms with Gasteiger partial charge < -0.3 is 9.47 Å². The first-order chi connectivity index (χ1) is 15.2. The summed E-state index contributed by atoms with van der Waals surface area (Å²) in [5, 5.41) is 0. The fraction of sp³-hybridized carbons (Fsp3) is 0.667. The lowest BCUT2D eigenvalue weighted by molar-refractivity contribution is -0.919. The molecule has 1 aliphatic rings. The first-order valence-electron chi connectivity index (χ1n) is 12.1. The van der Waals surface area contributed by atoms with Crippen LogP contribution in [-0.4, -0.2) is 52.9 Å². The van der Waals surface area contributed by atoms with Gasteiger partial charge in [0.15, 0.2) is 0 Å². The minimum absolute atomic E-state index is 0.0142. The van der Waals surface area contributed by atoms with Crippen molar-refractivity contribution < 1.29 is 38.2 Å². The van der Waals surface area contributed by atoms with E-state index in [4.69, 9.17) is 19.8 Å². The van der Waals surface area contributed by atoms with Gasteiger partial charge in [0.05, 0.1) is 34.6 Å². The Morgan fingerprint density at radius 2 is 2.43 bits per heavy atom. The summed E-state index contributed by atoms with van der Waals surface area (Å²) in [6, 6.07) is 0. The standard InChI is InChI=1S/C15H23FN3O3S/c1-3-4-5-9-21-14-13(17-23-18-14)12-7-6-8-19(2,10-12)11-22-15(16)20/h7H,3-6,8-11H2,1-2H3/q+1/i1D3,3D2,4D2,5D2,9D2. The predicted molar refractivity (Wildman–Crippen MR) is 85.9 cm³/mol. The van der Waals surface area contributed by atoms with Gasteiger partial charge in [0.1, 0.15) is 12.2 Å². The van der Waals surface area contributed by atoms with Crippen molar-refractivity contribution in [3.8, 4) is 5.88 Å². The zero-order valence-corrected chi connectivity index (χ0v) is 13.1. The largest absolute Gasteiger partial charge is 0.499 e. The normalized spacial score (nSPS) is 31.0. The molecule has 23 heavy (non-hydrogen) atoms. The van der Waals surface area contributed by atoms with Gasteiger partial charge in [0, 0.05) is 24.3 Å². The molecule has 0 saturated heterocycles. The van der Waals surface area contributed by atoms with Crippen LogP contribution in [0.25, 0.3) is 5.57 Å². The molecule has 1 aromatic rings. The van der Waals surface area contributed by atoms with E-state index in [0.717, 1.165) is 0 Å². The molecule has 6 nitrogen and oxygen atoms in total. The van der Waals surface area contributed by atoms with Crippen molar-refractivity contribution in [1.82, 2.24) is 8.75 Å². The highest BCUT2D eigenvalue weighted by molar-refractivity contribution is 6.99. The number of nitrogens with zero attached hydrogens (tertiary/aromatic N) is 3. The molecule has 0 aromatic carbocycles. The number of hydrogen-bond acceptors (Lipinski definition) is 6. The van der Waals surface area contributed by atoms with Crippen LogP contribution in [0.4, 0.5) is 9.18 Å². The Morgan fingerprint density at radius 1 is 1.57 bits per heavy atom. The molecule has 8 heteroatoms. The lowest BCUT2D eigenvalue weighted by Crippen LogP contribution is -2.49. The van der Waals surface area contributed by atoms with Crippen LogP contribution in [0.5, 0.6) is 5.88 Å². The van der Waals surface area contributed by atoms with Crippen LogP contribution in [0.2, 0.25) is 0 Å². The first-order valence-corrected chi connectivity index (χ1v) is 7.28. The number of carbonyl (C=O) groups excluding carboxylic acids is 1. The van der Waals surface area contributed by atoms with Crippen LogP contribution in [-0.2, 0) is 4.74 Å². The Labute approximate surface area is 155 Å². The average molecular weight is 355 g/mol. The van der Waals surface area contributed by atoms with Crippen LogP contribution in [0.15, 0.2) is 6.08 Å². The summed E-state index contributed by atoms with van der Waals surface area (Å²) < 4.78 is 115. The second-order valence-corrected chi connectivity index (χ2v) is 5.56. The van der Waals surface area contributed by atoms with E-state index in [2.05, 4.69) is 13.5 Å². The third-order valence-corrected chi connectivity index (χ3v) is 3.70. The van der Waals surface area contributed by atoms with Crippen molar-refractivity contribution in [3.63, 3.8) is 0 Å². The summed E-state index contributed by atoms with van der Waals surface area (Å²) in [7, 11) is 1.67. The molecule has 1 aliphatic heterocycles. The SMILES string of the molecule is [2H]C([2H])([2H])C([2H])([2H])C([2H])([2H])C([2H])([2H])C([2H])([2H])Oc1nsnc1C1=CCC[N+](C)(COC(=O)F)C1. The summed E-state index contributed by atoms with van der Waals surface area (Å²) in [6.45, 7) is -6.89. The smallest absolute Gasteiger partial charge is 0.475 e. The Bertz CT molecular complexity index is 954. The third-order valence-electron chi connectivity index (χ3n) is 3.19. The highest BCUT2D eigenvalue weighted by atomic mass is 32.1. The molecule has 0 fully saturated rings. The molecule has 0 N–H and O–H groups in total. The lowest BCUT2D eigenvalue weighted by Gasteiger charge is -2.36. The van der Waals surface area contributed by atoms with Gasteiger partial charge in [0.25, 0.3) is 5.88 Å². The molecule has 0 amide bonds. The lowest BCUT2D eigenvalue weighted by atomic mass is 10.1. The molecular formula is C15H23FN3O3S+. The van der Waals surface area contributed by atoms with E-state index in [0.29, 0.717) is 30.3 Å². The van der Waals surface area contributed by atoms with Crippen molar-refractivity contribution in [1.29, 1.82) is 0 Å². The molecule has 0 saturated carbocycles. The van der Waals surface area contributed by atoms with Gasteiger partial charge in [-0.3, -0.25) is 4.48 Å². The van der Waals surface area contributed by atoms with Crippen molar-refractivity contribution in [3.05, 3.63) is 11.8 Å². The molecule has 0 radical (unpaired) electrons. The molecule has 2 heterocycles. The van der Waals surface area contributed by atoms with Gasteiger partial charge in [-0.05, 0) is 6.37 Å². The molecule has 0 bridgehead atoms. The summed E-state index contributed by atoms with van der Waals surface area (Å²) in [5.74, 6) is -0.522. The van der Waals surface area contributed by atoms with Gasteiger partial charge in [-0.25, -0.2) is 4.79 Å². The van der Waals surface area contributed by atoms with E-state index in [1.54, 1.807) is 13.1 Å². The molecule has 0 aliphatic carbocycles. The zero-order chi connectivity index (χ0) is 26.4.